The highest BCUT2D eigenvalue weighted by atomic mass is 19.1. The van der Waals surface area contributed by atoms with E-state index in [4.69, 9.17) is 6.42 Å². The van der Waals surface area contributed by atoms with Gasteiger partial charge in [0.2, 0.25) is 5.91 Å². The van der Waals surface area contributed by atoms with Crippen molar-refractivity contribution < 1.29 is 28.3 Å². The average Bonchev–Trinajstić information content (AvgIpc) is 2.93. The largest absolute Gasteiger partial charge is 0.391 e. The van der Waals surface area contributed by atoms with E-state index in [1.165, 1.54) is 6.07 Å². The van der Waals surface area contributed by atoms with Gasteiger partial charge in [0, 0.05) is 49.7 Å². The third kappa shape index (κ3) is 11.6. The number of carbonyl (C=O) groups excluding carboxylic acids is 3. The van der Waals surface area contributed by atoms with Gasteiger partial charge < -0.3 is 20.6 Å². The van der Waals surface area contributed by atoms with Crippen LogP contribution >= 0.6 is 0 Å². The van der Waals surface area contributed by atoms with Crippen molar-refractivity contribution in [3.05, 3.63) is 70.3 Å². The van der Waals surface area contributed by atoms with Crippen LogP contribution in [0.5, 0.6) is 0 Å². The number of nitrogens with one attached hydrogen (secondary N) is 2. The van der Waals surface area contributed by atoms with E-state index in [0.717, 1.165) is 37.5 Å². The van der Waals surface area contributed by atoms with Crippen LogP contribution in [0.25, 0.3) is 0 Å². The van der Waals surface area contributed by atoms with Gasteiger partial charge in [-0.05, 0) is 86.9 Å². The smallest absolute Gasteiger partial charge is 0.253 e. The van der Waals surface area contributed by atoms with Crippen LogP contribution < -0.4 is 10.6 Å². The molecule has 0 aliphatic rings. The molecule has 2 aromatic rings. The van der Waals surface area contributed by atoms with Crippen LogP contribution in [-0.2, 0) is 11.2 Å². The summed E-state index contributed by atoms with van der Waals surface area (Å²) >= 11 is 0. The lowest BCUT2D eigenvalue weighted by Gasteiger charge is -2.25. The summed E-state index contributed by atoms with van der Waals surface area (Å²) in [6.45, 7) is 7.12. The Bertz CT molecular complexity index is 1220. The van der Waals surface area contributed by atoms with Crippen molar-refractivity contribution >= 4 is 17.7 Å². The van der Waals surface area contributed by atoms with Gasteiger partial charge in [-0.2, -0.15) is 0 Å². The second kappa shape index (κ2) is 17.9. The van der Waals surface area contributed by atoms with E-state index in [0.29, 0.717) is 43.5 Å². The SMILES string of the molecule is C#CCCCCC(=O)NCC[C@H](O)[C@H](Cc1cc(F)cc(F)c1)NC(=O)c1cc(C)cc(C(=O)N(CCC)CCC)c1. The van der Waals surface area contributed by atoms with E-state index in [2.05, 4.69) is 16.6 Å². The Morgan fingerprint density at radius 2 is 1.62 bits per heavy atom. The number of aryl methyl sites for hydroxylation is 1. The van der Waals surface area contributed by atoms with Crippen molar-refractivity contribution in [3.8, 4) is 12.3 Å². The van der Waals surface area contributed by atoms with Gasteiger partial charge in [-0.15, -0.1) is 12.3 Å². The van der Waals surface area contributed by atoms with Gasteiger partial charge in [0.1, 0.15) is 11.6 Å². The summed E-state index contributed by atoms with van der Waals surface area (Å²) in [6.07, 6.45) is 8.03. The number of amides is 3. The van der Waals surface area contributed by atoms with Crippen molar-refractivity contribution in [2.45, 2.75) is 84.3 Å². The van der Waals surface area contributed by atoms with E-state index in [9.17, 15) is 28.3 Å². The molecule has 0 aromatic heterocycles. The minimum absolute atomic E-state index is 0.0556. The fraction of sp³-hybridized carbons (Fsp3) is 0.485. The lowest BCUT2D eigenvalue weighted by molar-refractivity contribution is -0.121. The first-order valence-corrected chi connectivity index (χ1v) is 14.6. The molecule has 0 saturated carbocycles. The minimum Gasteiger partial charge on any atom is -0.391 e. The molecule has 2 aromatic carbocycles. The Morgan fingerprint density at radius 3 is 2.24 bits per heavy atom. The molecule has 7 nitrogen and oxygen atoms in total. The number of hydrogen-bond donors (Lipinski definition) is 3. The minimum atomic E-state index is -1.14. The molecule has 228 valence electrons. The molecule has 0 heterocycles. The van der Waals surface area contributed by atoms with E-state index >= 15 is 0 Å². The van der Waals surface area contributed by atoms with Crippen LogP contribution in [0.3, 0.4) is 0 Å². The first kappa shape index (κ1) is 34.4. The summed E-state index contributed by atoms with van der Waals surface area (Å²) in [5.74, 6) is 0.102. The number of halogens is 2. The second-order valence-electron chi connectivity index (χ2n) is 10.6. The van der Waals surface area contributed by atoms with Crippen LogP contribution in [0.15, 0.2) is 36.4 Å². The number of unbranched alkanes of at least 4 members (excludes halogenated alkanes) is 2. The van der Waals surface area contributed by atoms with Gasteiger partial charge in [-0.3, -0.25) is 14.4 Å². The van der Waals surface area contributed by atoms with Crippen molar-refractivity contribution in [1.29, 1.82) is 0 Å². The Labute approximate surface area is 248 Å². The van der Waals surface area contributed by atoms with Gasteiger partial charge in [0.15, 0.2) is 0 Å². The van der Waals surface area contributed by atoms with E-state index in [1.807, 2.05) is 13.8 Å². The fourth-order valence-corrected chi connectivity index (χ4v) is 4.75. The molecule has 3 N–H and O–H groups in total. The Hall–Kier alpha value is -3.77. The molecule has 2 atom stereocenters. The van der Waals surface area contributed by atoms with Crippen molar-refractivity contribution in [1.82, 2.24) is 15.5 Å². The number of benzene rings is 2. The summed E-state index contributed by atoms with van der Waals surface area (Å²) in [4.78, 5) is 40.5. The maximum Gasteiger partial charge on any atom is 0.253 e. The molecule has 3 amide bonds. The molecule has 0 aliphatic carbocycles. The number of aliphatic hydroxyl groups is 1. The number of carbonyl (C=O) groups is 3. The fourth-order valence-electron chi connectivity index (χ4n) is 4.75. The quantitative estimate of drug-likeness (QED) is 0.182. The highest BCUT2D eigenvalue weighted by Gasteiger charge is 2.24. The normalized spacial score (nSPS) is 12.2. The molecule has 0 spiro atoms. The molecule has 0 aliphatic heterocycles. The van der Waals surface area contributed by atoms with Gasteiger partial charge in [0.25, 0.3) is 11.8 Å². The van der Waals surface area contributed by atoms with Crippen LogP contribution in [0.4, 0.5) is 8.78 Å². The van der Waals surface area contributed by atoms with Crippen molar-refractivity contribution in [2.75, 3.05) is 19.6 Å². The van der Waals surface area contributed by atoms with Gasteiger partial charge in [-0.25, -0.2) is 8.78 Å². The average molecular weight is 584 g/mol. The molecule has 0 saturated heterocycles. The highest BCUT2D eigenvalue weighted by Crippen LogP contribution is 2.17. The van der Waals surface area contributed by atoms with Gasteiger partial charge in [-0.1, -0.05) is 13.8 Å². The van der Waals surface area contributed by atoms with Crippen LogP contribution in [-0.4, -0.2) is 59.5 Å². The van der Waals surface area contributed by atoms with Gasteiger partial charge in [0.05, 0.1) is 12.1 Å². The van der Waals surface area contributed by atoms with Crippen LogP contribution in [0.1, 0.15) is 90.6 Å². The zero-order valence-corrected chi connectivity index (χ0v) is 24.8. The summed E-state index contributed by atoms with van der Waals surface area (Å²) in [7, 11) is 0. The maximum absolute atomic E-state index is 13.9. The summed E-state index contributed by atoms with van der Waals surface area (Å²) in [6, 6.07) is 7.00. The summed E-state index contributed by atoms with van der Waals surface area (Å²) in [5, 5.41) is 16.6. The number of terminal acetylenes is 1. The predicted octanol–water partition coefficient (Wildman–Crippen LogP) is 4.94. The predicted molar refractivity (Wildman–Crippen MR) is 160 cm³/mol. The Kier molecular flexibility index (Phi) is 14.7. The zero-order chi connectivity index (χ0) is 31.1. The van der Waals surface area contributed by atoms with E-state index < -0.39 is 29.7 Å². The van der Waals surface area contributed by atoms with E-state index in [1.54, 1.807) is 24.0 Å². The molecule has 9 heteroatoms. The van der Waals surface area contributed by atoms with Gasteiger partial charge >= 0.3 is 0 Å². The van der Waals surface area contributed by atoms with Crippen LogP contribution in [0.2, 0.25) is 0 Å². The molecule has 0 bridgehead atoms. The molecular weight excluding hydrogens is 540 g/mol. The molecule has 0 radical (unpaired) electrons. The third-order valence-corrected chi connectivity index (χ3v) is 6.76. The van der Waals surface area contributed by atoms with Crippen molar-refractivity contribution in [3.63, 3.8) is 0 Å². The number of hydrogen-bond acceptors (Lipinski definition) is 4. The molecule has 42 heavy (non-hydrogen) atoms. The molecule has 0 unspecified atom stereocenters. The number of nitrogens with zero attached hydrogens (tertiary/aromatic N) is 1. The van der Waals surface area contributed by atoms with Crippen molar-refractivity contribution in [2.24, 2.45) is 0 Å². The monoisotopic (exact) mass is 583 g/mol. The lowest BCUT2D eigenvalue weighted by Crippen LogP contribution is -2.46. The van der Waals surface area contributed by atoms with Crippen LogP contribution in [0, 0.1) is 30.9 Å². The summed E-state index contributed by atoms with van der Waals surface area (Å²) < 4.78 is 27.8. The Morgan fingerprint density at radius 1 is 0.976 bits per heavy atom. The first-order chi connectivity index (χ1) is 20.1. The molecule has 0 fully saturated rings. The first-order valence-electron chi connectivity index (χ1n) is 14.6. The number of rotatable bonds is 17. The third-order valence-electron chi connectivity index (χ3n) is 6.76. The van der Waals surface area contributed by atoms with E-state index in [-0.39, 0.29) is 42.3 Å². The highest BCUT2D eigenvalue weighted by molar-refractivity contribution is 6.00. The standard InChI is InChI=1S/C33H43F2N3O4/c1-5-8-9-10-11-31(40)36-13-12-30(39)29(20-24-18-27(34)22-28(35)19-24)37-32(41)25-16-23(4)17-26(21-25)33(42)38(14-6-2)15-7-3/h1,16-19,21-22,29-30,39H,6-15,20H2,2-4H3,(H,36,40)(H,37,41)/t29-,30-/m0/s1. The zero-order valence-electron chi connectivity index (χ0n) is 24.8. The maximum atomic E-state index is 13.9. The topological polar surface area (TPSA) is 98.7 Å². The molecule has 2 rings (SSSR count). The molecular formula is C33H43F2N3O4. The lowest BCUT2D eigenvalue weighted by atomic mass is 9.97. The summed E-state index contributed by atoms with van der Waals surface area (Å²) in [5.41, 5.74) is 1.59. The second-order valence-corrected chi connectivity index (χ2v) is 10.6. The Balaban J connectivity index is 2.20. The number of aliphatic hydroxyl groups excluding tert-OH is 1.